The minimum Gasteiger partial charge on any atom is -0.494 e. The topological polar surface area (TPSA) is 120 Å². The molecule has 0 spiro atoms. The number of carbonyl (C=O) groups excluding carboxylic acids is 2. The normalized spacial score (nSPS) is 12.7. The fourth-order valence-electron chi connectivity index (χ4n) is 2.59. The summed E-state index contributed by atoms with van der Waals surface area (Å²) < 4.78 is 10.3. The van der Waals surface area contributed by atoms with Gasteiger partial charge in [0.2, 0.25) is 0 Å². The fourth-order valence-corrected chi connectivity index (χ4v) is 2.59. The highest BCUT2D eigenvalue weighted by Crippen LogP contribution is 2.31. The smallest absolute Gasteiger partial charge is 0.338 e. The molecule has 9 heteroatoms. The van der Waals surface area contributed by atoms with Gasteiger partial charge >= 0.3 is 5.97 Å². The van der Waals surface area contributed by atoms with E-state index in [1.165, 1.54) is 12.1 Å². The van der Waals surface area contributed by atoms with E-state index in [1.807, 2.05) is 6.92 Å². The molecule has 0 aromatic heterocycles. The summed E-state index contributed by atoms with van der Waals surface area (Å²) in [4.78, 5) is 34.9. The molecule has 2 aromatic rings. The van der Waals surface area contributed by atoms with Gasteiger partial charge in [-0.25, -0.2) is 4.79 Å². The predicted octanol–water partition coefficient (Wildman–Crippen LogP) is 3.36. The first-order valence-electron chi connectivity index (χ1n) is 9.21. The molecule has 9 nitrogen and oxygen atoms in total. The number of ether oxygens (including phenoxy) is 2. The van der Waals surface area contributed by atoms with Gasteiger partial charge in [0.05, 0.1) is 17.1 Å². The summed E-state index contributed by atoms with van der Waals surface area (Å²) >= 11 is 0. The minimum atomic E-state index is -0.812. The zero-order valence-electron chi connectivity index (χ0n) is 15.8. The van der Waals surface area contributed by atoms with E-state index in [4.69, 9.17) is 9.47 Å². The first-order valence-corrected chi connectivity index (χ1v) is 9.21. The zero-order valence-corrected chi connectivity index (χ0v) is 15.8. The standard InChI is InChI=1S/C20H21N3O6/c1-2-28-16-8-6-15(7-9-16)22-19(24)12-29-20(25)13-3-10-17(21-14-4-5-14)18(11-13)23(26)27/h3,6-11,14,21H,2,4-5,12H2,1H3,(H,22,24). The lowest BCUT2D eigenvalue weighted by Gasteiger charge is -2.09. The quantitative estimate of drug-likeness (QED) is 0.377. The van der Waals surface area contributed by atoms with Crippen LogP contribution in [0.15, 0.2) is 42.5 Å². The number of hydrogen-bond donors (Lipinski definition) is 2. The van der Waals surface area contributed by atoms with Crippen LogP contribution >= 0.6 is 0 Å². The van der Waals surface area contributed by atoms with Gasteiger partial charge in [0.1, 0.15) is 11.4 Å². The fraction of sp³-hybridized carbons (Fsp3) is 0.300. The Labute approximate surface area is 167 Å². The SMILES string of the molecule is CCOc1ccc(NC(=O)COC(=O)c2ccc(NC3CC3)c([N+](=O)[O-])c2)cc1. The molecule has 0 unspecified atom stereocenters. The first kappa shape index (κ1) is 20.1. The van der Waals surface area contributed by atoms with Crippen LogP contribution in [-0.2, 0) is 9.53 Å². The molecule has 152 valence electrons. The molecular weight excluding hydrogens is 378 g/mol. The van der Waals surface area contributed by atoms with Crippen molar-refractivity contribution in [1.29, 1.82) is 0 Å². The van der Waals surface area contributed by atoms with Crippen LogP contribution in [0.5, 0.6) is 5.75 Å². The molecule has 0 saturated heterocycles. The third kappa shape index (κ3) is 5.68. The van der Waals surface area contributed by atoms with E-state index in [2.05, 4.69) is 10.6 Å². The largest absolute Gasteiger partial charge is 0.494 e. The van der Waals surface area contributed by atoms with Crippen molar-refractivity contribution in [1.82, 2.24) is 0 Å². The number of esters is 1. The molecule has 1 saturated carbocycles. The van der Waals surface area contributed by atoms with E-state index < -0.39 is 23.4 Å². The van der Waals surface area contributed by atoms with Crippen LogP contribution in [0.25, 0.3) is 0 Å². The zero-order chi connectivity index (χ0) is 20.8. The molecular formula is C20H21N3O6. The van der Waals surface area contributed by atoms with Crippen molar-refractivity contribution in [2.75, 3.05) is 23.8 Å². The van der Waals surface area contributed by atoms with E-state index in [1.54, 1.807) is 24.3 Å². The Kier molecular flexibility index (Phi) is 6.28. The molecule has 29 heavy (non-hydrogen) atoms. The highest BCUT2D eigenvalue weighted by molar-refractivity contribution is 5.96. The molecule has 1 amide bonds. The van der Waals surface area contributed by atoms with Crippen LogP contribution in [-0.4, -0.2) is 36.1 Å². The lowest BCUT2D eigenvalue weighted by atomic mass is 10.1. The Morgan fingerprint density at radius 3 is 2.52 bits per heavy atom. The van der Waals surface area contributed by atoms with E-state index in [0.717, 1.165) is 18.9 Å². The van der Waals surface area contributed by atoms with Crippen molar-refractivity contribution in [3.63, 3.8) is 0 Å². The highest BCUT2D eigenvalue weighted by Gasteiger charge is 2.26. The predicted molar refractivity (Wildman–Crippen MR) is 106 cm³/mol. The van der Waals surface area contributed by atoms with Crippen LogP contribution in [0.2, 0.25) is 0 Å². The molecule has 1 aliphatic carbocycles. The van der Waals surface area contributed by atoms with Crippen LogP contribution in [0.4, 0.5) is 17.1 Å². The second-order valence-corrected chi connectivity index (χ2v) is 6.49. The number of amides is 1. The summed E-state index contributed by atoms with van der Waals surface area (Å²) in [7, 11) is 0. The lowest BCUT2D eigenvalue weighted by molar-refractivity contribution is -0.384. The summed E-state index contributed by atoms with van der Waals surface area (Å²) in [5.41, 5.74) is 0.694. The Balaban J connectivity index is 1.56. The van der Waals surface area contributed by atoms with Gasteiger partial charge < -0.3 is 20.1 Å². The number of nitro benzene ring substituents is 1. The van der Waals surface area contributed by atoms with Gasteiger partial charge in [-0.1, -0.05) is 0 Å². The molecule has 1 aliphatic rings. The summed E-state index contributed by atoms with van der Waals surface area (Å²) in [6.45, 7) is 1.90. The van der Waals surface area contributed by atoms with Gasteiger partial charge in [0, 0.05) is 17.8 Å². The maximum atomic E-state index is 12.2. The van der Waals surface area contributed by atoms with Crippen molar-refractivity contribution < 1.29 is 24.0 Å². The van der Waals surface area contributed by atoms with Crippen LogP contribution in [0.1, 0.15) is 30.1 Å². The lowest BCUT2D eigenvalue weighted by Crippen LogP contribution is -2.21. The second-order valence-electron chi connectivity index (χ2n) is 6.49. The highest BCUT2D eigenvalue weighted by atomic mass is 16.6. The molecule has 0 radical (unpaired) electrons. The van der Waals surface area contributed by atoms with Gasteiger partial charge in [-0.3, -0.25) is 14.9 Å². The number of hydrogen-bond acceptors (Lipinski definition) is 7. The van der Waals surface area contributed by atoms with Gasteiger partial charge in [-0.15, -0.1) is 0 Å². The van der Waals surface area contributed by atoms with E-state index in [-0.39, 0.29) is 17.3 Å². The van der Waals surface area contributed by atoms with Crippen molar-refractivity contribution in [3.8, 4) is 5.75 Å². The van der Waals surface area contributed by atoms with Crippen molar-refractivity contribution in [3.05, 3.63) is 58.1 Å². The van der Waals surface area contributed by atoms with E-state index >= 15 is 0 Å². The third-order valence-electron chi connectivity index (χ3n) is 4.15. The Hall–Kier alpha value is -3.62. The molecule has 0 heterocycles. The number of nitrogens with one attached hydrogen (secondary N) is 2. The van der Waals surface area contributed by atoms with Crippen molar-refractivity contribution >= 4 is 28.9 Å². The monoisotopic (exact) mass is 399 g/mol. The van der Waals surface area contributed by atoms with Crippen molar-refractivity contribution in [2.24, 2.45) is 0 Å². The number of rotatable bonds is 9. The van der Waals surface area contributed by atoms with Gasteiger partial charge in [-0.2, -0.15) is 0 Å². The summed E-state index contributed by atoms with van der Waals surface area (Å²) in [5.74, 6) is -0.657. The summed E-state index contributed by atoms with van der Waals surface area (Å²) in [6, 6.07) is 11.1. The molecule has 1 fully saturated rings. The number of benzene rings is 2. The maximum Gasteiger partial charge on any atom is 0.338 e. The van der Waals surface area contributed by atoms with E-state index in [9.17, 15) is 19.7 Å². The van der Waals surface area contributed by atoms with Crippen LogP contribution in [0.3, 0.4) is 0 Å². The molecule has 2 aromatic carbocycles. The van der Waals surface area contributed by atoms with Crippen LogP contribution in [0, 0.1) is 10.1 Å². The third-order valence-corrected chi connectivity index (χ3v) is 4.15. The summed E-state index contributed by atoms with van der Waals surface area (Å²) in [5, 5.41) is 16.9. The van der Waals surface area contributed by atoms with Gasteiger partial charge in [-0.05, 0) is 56.2 Å². The number of anilines is 2. The Bertz CT molecular complexity index is 909. The second kappa shape index (κ2) is 9.05. The van der Waals surface area contributed by atoms with Crippen molar-refractivity contribution in [2.45, 2.75) is 25.8 Å². The van der Waals surface area contributed by atoms with Gasteiger partial charge in [0.15, 0.2) is 6.61 Å². The molecule has 2 N–H and O–H groups in total. The molecule has 0 bridgehead atoms. The Morgan fingerprint density at radius 1 is 1.17 bits per heavy atom. The average molecular weight is 399 g/mol. The maximum absolute atomic E-state index is 12.2. The number of carbonyl (C=O) groups is 2. The Morgan fingerprint density at radius 2 is 1.90 bits per heavy atom. The minimum absolute atomic E-state index is 0.00640. The van der Waals surface area contributed by atoms with Crippen LogP contribution < -0.4 is 15.4 Å². The average Bonchev–Trinajstić information content (AvgIpc) is 3.52. The first-order chi connectivity index (χ1) is 14.0. The molecule has 0 aliphatic heterocycles. The molecule has 3 rings (SSSR count). The molecule has 0 atom stereocenters. The number of nitro groups is 1. The van der Waals surface area contributed by atoms with E-state index in [0.29, 0.717) is 23.7 Å². The number of nitrogens with zero attached hydrogens (tertiary/aromatic N) is 1. The summed E-state index contributed by atoms with van der Waals surface area (Å²) in [6.07, 6.45) is 1.93. The van der Waals surface area contributed by atoms with Gasteiger partial charge in [0.25, 0.3) is 11.6 Å².